The van der Waals surface area contributed by atoms with Crippen LogP contribution in [-0.2, 0) is 6.54 Å². The molecule has 1 aromatic rings. The monoisotopic (exact) mass is 310 g/mol. The van der Waals surface area contributed by atoms with Crippen LogP contribution in [0.5, 0.6) is 0 Å². The molecule has 0 saturated carbocycles. The summed E-state index contributed by atoms with van der Waals surface area (Å²) in [6.45, 7) is 11.5. The quantitative estimate of drug-likeness (QED) is 0.759. The summed E-state index contributed by atoms with van der Waals surface area (Å²) < 4.78 is 0. The summed E-state index contributed by atoms with van der Waals surface area (Å²) in [6, 6.07) is 0. The zero-order valence-electron chi connectivity index (χ0n) is 14.3. The first-order valence-corrected chi connectivity index (χ1v) is 9.11. The molecule has 21 heavy (non-hydrogen) atoms. The van der Waals surface area contributed by atoms with Crippen molar-refractivity contribution in [3.63, 3.8) is 0 Å². The van der Waals surface area contributed by atoms with Gasteiger partial charge in [-0.15, -0.1) is 0 Å². The summed E-state index contributed by atoms with van der Waals surface area (Å²) in [5.74, 6) is 3.05. The molecule has 1 N–H and O–H groups in total. The van der Waals surface area contributed by atoms with Crippen LogP contribution in [0.4, 0.5) is 5.69 Å². The average molecular weight is 311 g/mol. The molecule has 1 aromatic heterocycles. The smallest absolute Gasteiger partial charge is 0.131 e. The van der Waals surface area contributed by atoms with Crippen LogP contribution in [0, 0.1) is 5.92 Å². The normalized spacial score (nSPS) is 11.4. The van der Waals surface area contributed by atoms with Gasteiger partial charge in [-0.3, -0.25) is 0 Å². The average Bonchev–Trinajstić information content (AvgIpc) is 2.44. The second kappa shape index (κ2) is 9.26. The first-order valence-electron chi connectivity index (χ1n) is 7.72. The van der Waals surface area contributed by atoms with E-state index >= 15 is 0 Å². The molecule has 0 radical (unpaired) electrons. The Hall–Kier alpha value is -0.810. The van der Waals surface area contributed by atoms with E-state index in [-0.39, 0.29) is 0 Å². The third kappa shape index (κ3) is 6.22. The maximum absolute atomic E-state index is 4.78. The fourth-order valence-corrected chi connectivity index (χ4v) is 2.44. The molecule has 0 bridgehead atoms. The van der Waals surface area contributed by atoms with Gasteiger partial charge in [-0.25, -0.2) is 9.97 Å². The zero-order chi connectivity index (χ0) is 15.8. The Morgan fingerprint density at radius 3 is 2.57 bits per heavy atom. The summed E-state index contributed by atoms with van der Waals surface area (Å²) in [6.07, 6.45) is 4.12. The van der Waals surface area contributed by atoms with E-state index in [4.69, 9.17) is 4.98 Å². The number of anilines is 1. The van der Waals surface area contributed by atoms with E-state index in [0.717, 1.165) is 42.6 Å². The second-order valence-corrected chi connectivity index (χ2v) is 7.14. The molecule has 0 saturated heterocycles. The molecule has 0 unspecified atom stereocenters. The fraction of sp³-hybridized carbons (Fsp3) is 0.750. The topological polar surface area (TPSA) is 41.1 Å². The minimum atomic E-state index is 0.361. The van der Waals surface area contributed by atoms with Crippen molar-refractivity contribution < 1.29 is 0 Å². The van der Waals surface area contributed by atoms with Crippen molar-refractivity contribution in [2.75, 3.05) is 37.0 Å². The van der Waals surface area contributed by atoms with Gasteiger partial charge in [0.1, 0.15) is 5.82 Å². The standard InChI is InChI=1S/C16H30N4S/c1-12(2)9-17-10-14-15(20(5)7-8-21-6)11-18-16(19-14)13(3)4/h11-13,17H,7-10H2,1-6H3. The molecule has 0 spiro atoms. The third-order valence-corrected chi connectivity index (χ3v) is 3.86. The predicted molar refractivity (Wildman–Crippen MR) is 94.3 cm³/mol. The van der Waals surface area contributed by atoms with Crippen molar-refractivity contribution in [2.24, 2.45) is 5.92 Å². The predicted octanol–water partition coefficient (Wildman–Crippen LogP) is 3.14. The SMILES string of the molecule is CSCCN(C)c1cnc(C(C)C)nc1CNCC(C)C. The van der Waals surface area contributed by atoms with Crippen LogP contribution in [0.1, 0.15) is 45.1 Å². The van der Waals surface area contributed by atoms with Crippen molar-refractivity contribution in [1.29, 1.82) is 0 Å². The highest BCUT2D eigenvalue weighted by Crippen LogP contribution is 2.19. The van der Waals surface area contributed by atoms with Crippen LogP contribution in [0.3, 0.4) is 0 Å². The van der Waals surface area contributed by atoms with Gasteiger partial charge in [-0.05, 0) is 18.7 Å². The van der Waals surface area contributed by atoms with E-state index in [1.165, 1.54) is 0 Å². The lowest BCUT2D eigenvalue weighted by Crippen LogP contribution is -2.26. The highest BCUT2D eigenvalue weighted by molar-refractivity contribution is 7.98. The largest absolute Gasteiger partial charge is 0.371 e. The van der Waals surface area contributed by atoms with Crippen molar-refractivity contribution in [2.45, 2.75) is 40.2 Å². The Morgan fingerprint density at radius 2 is 2.00 bits per heavy atom. The molecule has 0 fully saturated rings. The molecule has 1 heterocycles. The third-order valence-electron chi connectivity index (χ3n) is 3.27. The summed E-state index contributed by atoms with van der Waals surface area (Å²) in [7, 11) is 2.12. The number of thioether (sulfide) groups is 1. The Labute approximate surface area is 134 Å². The Kier molecular flexibility index (Phi) is 8.04. The Bertz CT molecular complexity index is 421. The minimum Gasteiger partial charge on any atom is -0.371 e. The molecule has 0 aromatic carbocycles. The number of hydrogen-bond acceptors (Lipinski definition) is 5. The Balaban J connectivity index is 2.88. The highest BCUT2D eigenvalue weighted by atomic mass is 32.2. The number of nitrogens with zero attached hydrogens (tertiary/aromatic N) is 3. The van der Waals surface area contributed by atoms with Gasteiger partial charge in [0.05, 0.1) is 17.6 Å². The van der Waals surface area contributed by atoms with E-state index in [9.17, 15) is 0 Å². The van der Waals surface area contributed by atoms with E-state index < -0.39 is 0 Å². The van der Waals surface area contributed by atoms with Gasteiger partial charge >= 0.3 is 0 Å². The number of aromatic nitrogens is 2. The van der Waals surface area contributed by atoms with Crippen LogP contribution in [0.2, 0.25) is 0 Å². The van der Waals surface area contributed by atoms with E-state index in [1.54, 1.807) is 0 Å². The van der Waals surface area contributed by atoms with Crippen LogP contribution < -0.4 is 10.2 Å². The lowest BCUT2D eigenvalue weighted by Gasteiger charge is -2.22. The summed E-state index contributed by atoms with van der Waals surface area (Å²) in [5, 5.41) is 3.50. The Morgan fingerprint density at radius 1 is 1.29 bits per heavy atom. The van der Waals surface area contributed by atoms with Gasteiger partial charge < -0.3 is 10.2 Å². The summed E-state index contributed by atoms with van der Waals surface area (Å²) in [5.41, 5.74) is 2.25. The molecule has 0 amide bonds. The van der Waals surface area contributed by atoms with Gasteiger partial charge in [-0.2, -0.15) is 11.8 Å². The number of nitrogens with one attached hydrogen (secondary N) is 1. The molecule has 0 aliphatic carbocycles. The summed E-state index contributed by atoms with van der Waals surface area (Å²) >= 11 is 1.86. The number of hydrogen-bond donors (Lipinski definition) is 1. The van der Waals surface area contributed by atoms with Crippen LogP contribution in [0.15, 0.2) is 6.20 Å². The lowest BCUT2D eigenvalue weighted by molar-refractivity contribution is 0.546. The summed E-state index contributed by atoms with van der Waals surface area (Å²) in [4.78, 5) is 11.6. The van der Waals surface area contributed by atoms with Gasteiger partial charge in [0.2, 0.25) is 0 Å². The fourth-order valence-electron chi connectivity index (χ4n) is 1.98. The maximum atomic E-state index is 4.78. The molecule has 0 aliphatic rings. The molecule has 0 aliphatic heterocycles. The van der Waals surface area contributed by atoms with Crippen LogP contribution in [0.25, 0.3) is 0 Å². The number of rotatable bonds is 9. The highest BCUT2D eigenvalue weighted by Gasteiger charge is 2.13. The second-order valence-electron chi connectivity index (χ2n) is 6.15. The van der Waals surface area contributed by atoms with Crippen molar-refractivity contribution in [3.8, 4) is 0 Å². The first kappa shape index (κ1) is 18.2. The van der Waals surface area contributed by atoms with Gasteiger partial charge in [0.15, 0.2) is 0 Å². The van der Waals surface area contributed by atoms with Crippen molar-refractivity contribution in [3.05, 3.63) is 17.7 Å². The van der Waals surface area contributed by atoms with E-state index in [1.807, 2.05) is 18.0 Å². The lowest BCUT2D eigenvalue weighted by atomic mass is 10.2. The van der Waals surface area contributed by atoms with Crippen LogP contribution >= 0.6 is 11.8 Å². The zero-order valence-corrected chi connectivity index (χ0v) is 15.1. The van der Waals surface area contributed by atoms with Gasteiger partial charge in [-0.1, -0.05) is 27.7 Å². The maximum Gasteiger partial charge on any atom is 0.131 e. The molecule has 120 valence electrons. The van der Waals surface area contributed by atoms with Crippen molar-refractivity contribution in [1.82, 2.24) is 15.3 Å². The minimum absolute atomic E-state index is 0.361. The van der Waals surface area contributed by atoms with E-state index in [2.05, 4.69) is 56.2 Å². The molecule has 4 nitrogen and oxygen atoms in total. The molecular weight excluding hydrogens is 280 g/mol. The molecule has 0 atom stereocenters. The first-order chi connectivity index (χ1) is 9.95. The van der Waals surface area contributed by atoms with Gasteiger partial charge in [0, 0.05) is 31.8 Å². The van der Waals surface area contributed by atoms with Crippen molar-refractivity contribution >= 4 is 17.4 Å². The van der Waals surface area contributed by atoms with Gasteiger partial charge in [0.25, 0.3) is 0 Å². The molecule has 1 rings (SSSR count). The van der Waals surface area contributed by atoms with Crippen LogP contribution in [-0.4, -0.2) is 42.1 Å². The molecule has 5 heteroatoms. The molecular formula is C16H30N4S. The van der Waals surface area contributed by atoms with E-state index in [0.29, 0.717) is 11.8 Å².